The molecule has 0 aliphatic rings. The summed E-state index contributed by atoms with van der Waals surface area (Å²) < 4.78 is 24.1. The SMILES string of the molecule is COC(=O)Oc1c(NC(=O)c2c[nH]c3ccccc3c2=O)cc(F)cc1C(C)(C)C. The Bertz CT molecular complexity index is 1190. The Kier molecular flexibility index (Phi) is 5.60. The Morgan fingerprint density at radius 1 is 1.13 bits per heavy atom. The van der Waals surface area contributed by atoms with Crippen molar-refractivity contribution < 1.29 is 23.5 Å². The number of amides is 1. The Morgan fingerprint density at radius 3 is 2.50 bits per heavy atom. The minimum absolute atomic E-state index is 0.0543. The summed E-state index contributed by atoms with van der Waals surface area (Å²) in [6.07, 6.45) is 0.260. The van der Waals surface area contributed by atoms with Gasteiger partial charge in [0.1, 0.15) is 11.4 Å². The molecule has 0 unspecified atom stereocenters. The van der Waals surface area contributed by atoms with Gasteiger partial charge in [-0.1, -0.05) is 32.9 Å². The van der Waals surface area contributed by atoms with Gasteiger partial charge in [0.15, 0.2) is 5.75 Å². The summed E-state index contributed by atoms with van der Waals surface area (Å²) in [5.41, 5.74) is -0.442. The number of aromatic amines is 1. The van der Waals surface area contributed by atoms with Crippen LogP contribution in [0.5, 0.6) is 5.75 Å². The first-order valence-electron chi connectivity index (χ1n) is 9.13. The first-order chi connectivity index (χ1) is 14.1. The molecule has 156 valence electrons. The molecule has 30 heavy (non-hydrogen) atoms. The minimum Gasteiger partial charge on any atom is -0.437 e. The van der Waals surface area contributed by atoms with Crippen LogP contribution in [0, 0.1) is 5.82 Å². The van der Waals surface area contributed by atoms with Gasteiger partial charge in [-0.15, -0.1) is 0 Å². The van der Waals surface area contributed by atoms with Crippen molar-refractivity contribution in [2.45, 2.75) is 26.2 Å². The molecule has 0 spiro atoms. The maximum absolute atomic E-state index is 14.3. The van der Waals surface area contributed by atoms with Crippen LogP contribution in [0.4, 0.5) is 14.9 Å². The zero-order valence-electron chi connectivity index (χ0n) is 17.0. The van der Waals surface area contributed by atoms with Gasteiger partial charge in [-0.2, -0.15) is 0 Å². The number of aromatic nitrogens is 1. The van der Waals surface area contributed by atoms with E-state index in [0.717, 1.165) is 13.2 Å². The van der Waals surface area contributed by atoms with Crippen molar-refractivity contribution in [1.29, 1.82) is 0 Å². The smallest absolute Gasteiger partial charge is 0.437 e. The van der Waals surface area contributed by atoms with E-state index in [9.17, 15) is 18.8 Å². The molecule has 1 amide bonds. The second-order valence-electron chi connectivity index (χ2n) is 7.67. The van der Waals surface area contributed by atoms with Gasteiger partial charge in [-0.3, -0.25) is 9.59 Å². The molecule has 0 aliphatic carbocycles. The molecule has 3 aromatic rings. The molecule has 8 heteroatoms. The number of fused-ring (bicyclic) bond motifs is 1. The summed E-state index contributed by atoms with van der Waals surface area (Å²) in [6, 6.07) is 8.98. The highest BCUT2D eigenvalue weighted by Crippen LogP contribution is 2.38. The van der Waals surface area contributed by atoms with Crippen molar-refractivity contribution in [2.24, 2.45) is 0 Å². The average molecular weight is 412 g/mol. The van der Waals surface area contributed by atoms with Crippen LogP contribution in [0.2, 0.25) is 0 Å². The Morgan fingerprint density at radius 2 is 1.83 bits per heavy atom. The van der Waals surface area contributed by atoms with Gasteiger partial charge in [0, 0.05) is 28.7 Å². The number of ether oxygens (including phenoxy) is 2. The number of halogens is 1. The molecule has 2 N–H and O–H groups in total. The third-order valence-corrected chi connectivity index (χ3v) is 4.49. The standard InChI is InChI=1S/C22H21FN2O5/c1-22(2,3)15-9-12(23)10-17(19(15)30-21(28)29-4)25-20(27)14-11-24-16-8-6-5-7-13(16)18(14)26/h5-11H,1-4H3,(H,24,26)(H,25,27). The van der Waals surface area contributed by atoms with Crippen molar-refractivity contribution >= 4 is 28.7 Å². The number of rotatable bonds is 3. The lowest BCUT2D eigenvalue weighted by atomic mass is 9.85. The topological polar surface area (TPSA) is 97.5 Å². The molecule has 2 aromatic carbocycles. The molecule has 3 rings (SSSR count). The van der Waals surface area contributed by atoms with Crippen LogP contribution in [-0.2, 0) is 10.2 Å². The number of nitrogens with one attached hydrogen (secondary N) is 2. The van der Waals surface area contributed by atoms with E-state index in [1.54, 1.807) is 45.0 Å². The lowest BCUT2D eigenvalue weighted by molar-refractivity contribution is 0.102. The number of methoxy groups -OCH3 is 1. The first-order valence-corrected chi connectivity index (χ1v) is 9.13. The Balaban J connectivity index is 2.08. The van der Waals surface area contributed by atoms with Crippen molar-refractivity contribution in [3.63, 3.8) is 0 Å². The number of anilines is 1. The van der Waals surface area contributed by atoms with Crippen molar-refractivity contribution in [3.8, 4) is 5.75 Å². The highest BCUT2D eigenvalue weighted by Gasteiger charge is 2.26. The number of benzene rings is 2. The second-order valence-corrected chi connectivity index (χ2v) is 7.67. The van der Waals surface area contributed by atoms with Crippen LogP contribution in [0.3, 0.4) is 0 Å². The summed E-state index contributed by atoms with van der Waals surface area (Å²) >= 11 is 0. The maximum atomic E-state index is 14.3. The zero-order valence-corrected chi connectivity index (χ0v) is 17.0. The summed E-state index contributed by atoms with van der Waals surface area (Å²) in [7, 11) is 1.13. The highest BCUT2D eigenvalue weighted by molar-refractivity contribution is 6.06. The normalized spacial score (nSPS) is 11.2. The number of H-pyrrole nitrogens is 1. The summed E-state index contributed by atoms with van der Waals surface area (Å²) in [5.74, 6) is -1.47. The van der Waals surface area contributed by atoms with E-state index >= 15 is 0 Å². The third-order valence-electron chi connectivity index (χ3n) is 4.49. The molecule has 7 nitrogen and oxygen atoms in total. The van der Waals surface area contributed by atoms with E-state index in [1.807, 2.05) is 0 Å². The van der Waals surface area contributed by atoms with Crippen LogP contribution in [0.1, 0.15) is 36.7 Å². The fraction of sp³-hybridized carbons (Fsp3) is 0.227. The number of hydrogen-bond donors (Lipinski definition) is 2. The predicted octanol–water partition coefficient (Wildman–Crippen LogP) is 4.36. The van der Waals surface area contributed by atoms with E-state index in [-0.39, 0.29) is 17.0 Å². The zero-order chi connectivity index (χ0) is 22.1. The summed E-state index contributed by atoms with van der Waals surface area (Å²) in [6.45, 7) is 5.39. The van der Waals surface area contributed by atoms with Crippen LogP contribution in [0.25, 0.3) is 10.9 Å². The fourth-order valence-electron chi connectivity index (χ4n) is 3.00. The van der Waals surface area contributed by atoms with Gasteiger partial charge in [-0.25, -0.2) is 9.18 Å². The second kappa shape index (κ2) is 7.98. The number of carbonyl (C=O) groups excluding carboxylic acids is 2. The number of pyridine rings is 1. The van der Waals surface area contributed by atoms with Gasteiger partial charge in [-0.05, 0) is 23.6 Å². The Labute approximate surface area is 171 Å². The molecule has 0 radical (unpaired) electrons. The minimum atomic E-state index is -1.02. The Hall–Kier alpha value is -3.68. The van der Waals surface area contributed by atoms with E-state index in [4.69, 9.17) is 4.74 Å². The average Bonchev–Trinajstić information content (AvgIpc) is 2.69. The number of para-hydroxylation sites is 1. The summed E-state index contributed by atoms with van der Waals surface area (Å²) in [5, 5.41) is 2.82. The lowest BCUT2D eigenvalue weighted by Gasteiger charge is -2.24. The quantitative estimate of drug-likeness (QED) is 0.492. The molecular formula is C22H21FN2O5. The van der Waals surface area contributed by atoms with Gasteiger partial charge < -0.3 is 19.8 Å². The molecule has 0 atom stereocenters. The van der Waals surface area contributed by atoms with E-state index in [2.05, 4.69) is 15.0 Å². The molecule has 0 saturated heterocycles. The maximum Gasteiger partial charge on any atom is 0.513 e. The van der Waals surface area contributed by atoms with Crippen LogP contribution in [0.15, 0.2) is 47.4 Å². The lowest BCUT2D eigenvalue weighted by Crippen LogP contribution is -2.24. The van der Waals surface area contributed by atoms with Crippen LogP contribution < -0.4 is 15.5 Å². The van der Waals surface area contributed by atoms with E-state index in [1.165, 1.54) is 12.3 Å². The van der Waals surface area contributed by atoms with E-state index < -0.39 is 28.7 Å². The third kappa shape index (κ3) is 4.17. The molecule has 0 saturated carbocycles. The highest BCUT2D eigenvalue weighted by atomic mass is 19.1. The molecule has 1 heterocycles. The van der Waals surface area contributed by atoms with Gasteiger partial charge in [0.2, 0.25) is 5.43 Å². The van der Waals surface area contributed by atoms with Crippen molar-refractivity contribution in [2.75, 3.05) is 12.4 Å². The number of hydrogen-bond acceptors (Lipinski definition) is 5. The predicted molar refractivity (Wildman–Crippen MR) is 111 cm³/mol. The molecular weight excluding hydrogens is 391 g/mol. The summed E-state index contributed by atoms with van der Waals surface area (Å²) in [4.78, 5) is 40.2. The van der Waals surface area contributed by atoms with Crippen molar-refractivity contribution in [1.82, 2.24) is 4.98 Å². The number of carbonyl (C=O) groups is 2. The van der Waals surface area contributed by atoms with E-state index in [0.29, 0.717) is 16.5 Å². The van der Waals surface area contributed by atoms with Crippen molar-refractivity contribution in [3.05, 3.63) is 69.8 Å². The molecule has 1 aromatic heterocycles. The van der Waals surface area contributed by atoms with Crippen LogP contribution >= 0.6 is 0 Å². The molecule has 0 aliphatic heterocycles. The monoisotopic (exact) mass is 412 g/mol. The van der Waals surface area contributed by atoms with Gasteiger partial charge in [0.25, 0.3) is 5.91 Å². The molecule has 0 bridgehead atoms. The van der Waals surface area contributed by atoms with Gasteiger partial charge in [0.05, 0.1) is 12.8 Å². The molecule has 0 fully saturated rings. The van der Waals surface area contributed by atoms with Gasteiger partial charge >= 0.3 is 6.16 Å². The van der Waals surface area contributed by atoms with Crippen LogP contribution in [-0.4, -0.2) is 24.2 Å². The largest absolute Gasteiger partial charge is 0.513 e. The fourth-order valence-corrected chi connectivity index (χ4v) is 3.00. The first kappa shape index (κ1) is 21.0.